The van der Waals surface area contributed by atoms with E-state index in [1.165, 1.54) is 18.2 Å². The predicted octanol–water partition coefficient (Wildman–Crippen LogP) is 2.02. The number of hydrogen-bond acceptors (Lipinski definition) is 2. The van der Waals surface area contributed by atoms with E-state index in [0.29, 0.717) is 11.1 Å². The van der Waals surface area contributed by atoms with Crippen LogP contribution in [-0.2, 0) is 0 Å². The Balaban J connectivity index is 2.87. The third-order valence-corrected chi connectivity index (χ3v) is 2.90. The first-order valence-corrected chi connectivity index (χ1v) is 5.51. The molecule has 0 aliphatic carbocycles. The van der Waals surface area contributed by atoms with Gasteiger partial charge in [0.1, 0.15) is 5.82 Å². The number of halogens is 1. The van der Waals surface area contributed by atoms with E-state index in [0.717, 1.165) is 0 Å². The molecule has 0 aromatic heterocycles. The molecule has 2 N–H and O–H groups in total. The van der Waals surface area contributed by atoms with Crippen LogP contribution in [0.15, 0.2) is 18.2 Å². The Bertz CT molecular complexity index is 427. The zero-order chi connectivity index (χ0) is 13.2. The van der Waals surface area contributed by atoms with Crippen molar-refractivity contribution < 1.29 is 14.3 Å². The number of benzene rings is 1. The average molecular weight is 239 g/mol. The second kappa shape index (κ2) is 4.84. The summed E-state index contributed by atoms with van der Waals surface area (Å²) in [6.07, 6.45) is -0.673. The lowest BCUT2D eigenvalue weighted by molar-refractivity contribution is 0.0709. The number of carbonyl (C=O) groups excluding carboxylic acids is 1. The lowest BCUT2D eigenvalue weighted by atomic mass is 9.98. The van der Waals surface area contributed by atoms with Crippen molar-refractivity contribution in [1.82, 2.24) is 5.32 Å². The SMILES string of the molecule is Cc1cc(C(=O)NC(C)(C)C(C)O)ccc1F. The van der Waals surface area contributed by atoms with Crippen LogP contribution >= 0.6 is 0 Å². The number of nitrogens with one attached hydrogen (secondary N) is 1. The van der Waals surface area contributed by atoms with Gasteiger partial charge in [-0.05, 0) is 51.5 Å². The van der Waals surface area contributed by atoms with Crippen LogP contribution < -0.4 is 5.32 Å². The number of carbonyl (C=O) groups is 1. The molecule has 3 nitrogen and oxygen atoms in total. The molecular formula is C13H18FNO2. The van der Waals surface area contributed by atoms with Crippen LogP contribution in [0.2, 0.25) is 0 Å². The zero-order valence-corrected chi connectivity index (χ0v) is 10.5. The van der Waals surface area contributed by atoms with Gasteiger partial charge in [-0.25, -0.2) is 4.39 Å². The van der Waals surface area contributed by atoms with Crippen LogP contribution in [0.3, 0.4) is 0 Å². The van der Waals surface area contributed by atoms with Crippen LogP contribution in [0.25, 0.3) is 0 Å². The molecule has 0 radical (unpaired) electrons. The van der Waals surface area contributed by atoms with E-state index in [2.05, 4.69) is 5.32 Å². The number of aryl methyl sites for hydroxylation is 1. The standard InChI is InChI=1S/C13H18FNO2/c1-8-7-10(5-6-11(8)14)12(17)15-13(3,4)9(2)16/h5-7,9,16H,1-4H3,(H,15,17). The Morgan fingerprint density at radius 3 is 2.53 bits per heavy atom. The molecule has 0 heterocycles. The highest BCUT2D eigenvalue weighted by atomic mass is 19.1. The van der Waals surface area contributed by atoms with Crippen molar-refractivity contribution in [3.63, 3.8) is 0 Å². The Morgan fingerprint density at radius 2 is 2.06 bits per heavy atom. The molecule has 0 saturated heterocycles. The summed E-state index contributed by atoms with van der Waals surface area (Å²) in [4.78, 5) is 11.9. The van der Waals surface area contributed by atoms with Gasteiger partial charge in [-0.2, -0.15) is 0 Å². The highest BCUT2D eigenvalue weighted by Crippen LogP contribution is 2.13. The minimum absolute atomic E-state index is 0.320. The first-order valence-electron chi connectivity index (χ1n) is 5.51. The summed E-state index contributed by atoms with van der Waals surface area (Å²) in [6.45, 7) is 6.67. The van der Waals surface area contributed by atoms with Gasteiger partial charge in [0.05, 0.1) is 11.6 Å². The van der Waals surface area contributed by atoms with Crippen LogP contribution in [0.1, 0.15) is 36.7 Å². The fourth-order valence-corrected chi connectivity index (χ4v) is 1.26. The maximum atomic E-state index is 13.1. The Labute approximate surface area is 101 Å². The van der Waals surface area contributed by atoms with Gasteiger partial charge in [0.15, 0.2) is 0 Å². The summed E-state index contributed by atoms with van der Waals surface area (Å²) in [6, 6.07) is 4.18. The van der Waals surface area contributed by atoms with Gasteiger partial charge in [-0.3, -0.25) is 4.79 Å². The van der Waals surface area contributed by atoms with E-state index in [9.17, 15) is 14.3 Å². The highest BCUT2D eigenvalue weighted by Gasteiger charge is 2.26. The van der Waals surface area contributed by atoms with Crippen molar-refractivity contribution in [2.24, 2.45) is 0 Å². The third kappa shape index (κ3) is 3.27. The van der Waals surface area contributed by atoms with E-state index in [4.69, 9.17) is 0 Å². The minimum Gasteiger partial charge on any atom is -0.391 e. The second-order valence-corrected chi connectivity index (χ2v) is 4.82. The lowest BCUT2D eigenvalue weighted by Gasteiger charge is -2.29. The summed E-state index contributed by atoms with van der Waals surface area (Å²) < 4.78 is 13.1. The van der Waals surface area contributed by atoms with Crippen molar-refractivity contribution in [1.29, 1.82) is 0 Å². The summed E-state index contributed by atoms with van der Waals surface area (Å²) >= 11 is 0. The monoisotopic (exact) mass is 239 g/mol. The maximum absolute atomic E-state index is 13.1. The molecule has 1 unspecified atom stereocenters. The zero-order valence-electron chi connectivity index (χ0n) is 10.5. The Hall–Kier alpha value is -1.42. The molecule has 0 saturated carbocycles. The van der Waals surface area contributed by atoms with E-state index in [-0.39, 0.29) is 11.7 Å². The molecule has 1 rings (SSSR count). The average Bonchev–Trinajstić information content (AvgIpc) is 2.21. The van der Waals surface area contributed by atoms with E-state index in [1.54, 1.807) is 27.7 Å². The Morgan fingerprint density at radius 1 is 1.47 bits per heavy atom. The molecule has 0 fully saturated rings. The first-order chi connectivity index (χ1) is 7.74. The largest absolute Gasteiger partial charge is 0.391 e. The molecular weight excluding hydrogens is 221 g/mol. The highest BCUT2D eigenvalue weighted by molar-refractivity contribution is 5.94. The van der Waals surface area contributed by atoms with Gasteiger partial charge in [-0.1, -0.05) is 0 Å². The van der Waals surface area contributed by atoms with Gasteiger partial charge in [0.2, 0.25) is 0 Å². The molecule has 94 valence electrons. The molecule has 1 aromatic carbocycles. The number of amides is 1. The van der Waals surface area contributed by atoms with Crippen molar-refractivity contribution in [2.45, 2.75) is 39.3 Å². The molecule has 1 aromatic rings. The minimum atomic E-state index is -0.723. The van der Waals surface area contributed by atoms with Crippen LogP contribution in [-0.4, -0.2) is 22.7 Å². The number of rotatable bonds is 3. The molecule has 0 bridgehead atoms. The second-order valence-electron chi connectivity index (χ2n) is 4.82. The van der Waals surface area contributed by atoms with E-state index < -0.39 is 11.6 Å². The molecule has 0 spiro atoms. The van der Waals surface area contributed by atoms with Crippen LogP contribution in [0, 0.1) is 12.7 Å². The predicted molar refractivity (Wildman–Crippen MR) is 64.4 cm³/mol. The van der Waals surface area contributed by atoms with Gasteiger partial charge in [-0.15, -0.1) is 0 Å². The summed E-state index contributed by atoms with van der Waals surface area (Å²) in [7, 11) is 0. The normalized spacial score (nSPS) is 13.3. The smallest absolute Gasteiger partial charge is 0.251 e. The molecule has 0 aliphatic heterocycles. The van der Waals surface area contributed by atoms with Crippen LogP contribution in [0.4, 0.5) is 4.39 Å². The Kier molecular flexibility index (Phi) is 3.88. The number of aliphatic hydroxyl groups is 1. The third-order valence-electron chi connectivity index (χ3n) is 2.90. The molecule has 1 amide bonds. The van der Waals surface area contributed by atoms with E-state index in [1.807, 2.05) is 0 Å². The summed E-state index contributed by atoms with van der Waals surface area (Å²) in [5.74, 6) is -0.657. The van der Waals surface area contributed by atoms with Gasteiger partial charge in [0, 0.05) is 5.56 Å². The molecule has 1 atom stereocenters. The van der Waals surface area contributed by atoms with Crippen molar-refractivity contribution in [3.8, 4) is 0 Å². The molecule has 4 heteroatoms. The van der Waals surface area contributed by atoms with Crippen molar-refractivity contribution in [2.75, 3.05) is 0 Å². The fourth-order valence-electron chi connectivity index (χ4n) is 1.26. The van der Waals surface area contributed by atoms with Crippen molar-refractivity contribution in [3.05, 3.63) is 35.1 Å². The first kappa shape index (κ1) is 13.6. The summed E-state index contributed by atoms with van der Waals surface area (Å²) in [5.41, 5.74) is 0.0875. The molecule has 0 aliphatic rings. The van der Waals surface area contributed by atoms with Gasteiger partial charge in [0.25, 0.3) is 5.91 Å². The molecule has 17 heavy (non-hydrogen) atoms. The fraction of sp³-hybridized carbons (Fsp3) is 0.462. The van der Waals surface area contributed by atoms with Gasteiger partial charge < -0.3 is 10.4 Å². The lowest BCUT2D eigenvalue weighted by Crippen LogP contribution is -2.51. The van der Waals surface area contributed by atoms with E-state index >= 15 is 0 Å². The number of aliphatic hydroxyl groups excluding tert-OH is 1. The maximum Gasteiger partial charge on any atom is 0.251 e. The quantitative estimate of drug-likeness (QED) is 0.847. The van der Waals surface area contributed by atoms with Crippen LogP contribution in [0.5, 0.6) is 0 Å². The van der Waals surface area contributed by atoms with Crippen molar-refractivity contribution >= 4 is 5.91 Å². The van der Waals surface area contributed by atoms with Gasteiger partial charge >= 0.3 is 0 Å². The topological polar surface area (TPSA) is 49.3 Å². The summed E-state index contributed by atoms with van der Waals surface area (Å²) in [5, 5.41) is 12.2. The number of hydrogen-bond donors (Lipinski definition) is 2.